The maximum atomic E-state index is 13.1. The van der Waals surface area contributed by atoms with E-state index in [4.69, 9.17) is 13.9 Å². The summed E-state index contributed by atoms with van der Waals surface area (Å²) in [6.07, 6.45) is 0. The Morgan fingerprint density at radius 2 is 1.63 bits per heavy atom. The SMILES string of the molecule is COc1ccc(-c2c(C)oc3cc(OC(=O)c4cccc(C)c4)ccc3c2=O)cc1. The van der Waals surface area contributed by atoms with Crippen LogP contribution in [0.1, 0.15) is 21.7 Å². The highest BCUT2D eigenvalue weighted by Gasteiger charge is 2.15. The second-order valence-electron chi connectivity index (χ2n) is 7.01. The zero-order valence-electron chi connectivity index (χ0n) is 16.9. The van der Waals surface area contributed by atoms with Crippen molar-refractivity contribution in [3.8, 4) is 22.6 Å². The van der Waals surface area contributed by atoms with Gasteiger partial charge < -0.3 is 13.9 Å². The first-order valence-electron chi connectivity index (χ1n) is 9.47. The molecule has 0 aliphatic heterocycles. The summed E-state index contributed by atoms with van der Waals surface area (Å²) in [5.41, 5.74) is 2.89. The van der Waals surface area contributed by atoms with Gasteiger partial charge in [-0.25, -0.2) is 4.79 Å². The number of fused-ring (bicyclic) bond motifs is 1. The maximum Gasteiger partial charge on any atom is 0.343 e. The molecule has 30 heavy (non-hydrogen) atoms. The van der Waals surface area contributed by atoms with Crippen molar-refractivity contribution in [1.82, 2.24) is 0 Å². The molecule has 1 heterocycles. The Balaban J connectivity index is 1.70. The largest absolute Gasteiger partial charge is 0.497 e. The molecular weight excluding hydrogens is 380 g/mol. The van der Waals surface area contributed by atoms with E-state index in [1.165, 1.54) is 0 Å². The minimum Gasteiger partial charge on any atom is -0.497 e. The molecule has 0 radical (unpaired) electrons. The van der Waals surface area contributed by atoms with E-state index in [1.54, 1.807) is 62.6 Å². The van der Waals surface area contributed by atoms with Crippen LogP contribution in [0.15, 0.2) is 75.9 Å². The molecule has 0 spiro atoms. The van der Waals surface area contributed by atoms with E-state index in [0.717, 1.165) is 11.1 Å². The molecule has 5 heteroatoms. The van der Waals surface area contributed by atoms with Crippen LogP contribution in [0.3, 0.4) is 0 Å². The Bertz CT molecular complexity index is 1300. The lowest BCUT2D eigenvalue weighted by atomic mass is 10.0. The molecule has 0 aliphatic rings. The highest BCUT2D eigenvalue weighted by molar-refractivity contribution is 5.92. The molecule has 5 nitrogen and oxygen atoms in total. The predicted molar refractivity (Wildman–Crippen MR) is 115 cm³/mol. The van der Waals surface area contributed by atoms with Gasteiger partial charge in [-0.2, -0.15) is 0 Å². The molecule has 0 amide bonds. The van der Waals surface area contributed by atoms with Crippen LogP contribution in [-0.4, -0.2) is 13.1 Å². The van der Waals surface area contributed by atoms with E-state index in [0.29, 0.717) is 39.4 Å². The fourth-order valence-electron chi connectivity index (χ4n) is 3.38. The number of esters is 1. The smallest absolute Gasteiger partial charge is 0.343 e. The van der Waals surface area contributed by atoms with E-state index in [9.17, 15) is 9.59 Å². The monoisotopic (exact) mass is 400 g/mol. The van der Waals surface area contributed by atoms with Crippen LogP contribution < -0.4 is 14.9 Å². The number of methoxy groups -OCH3 is 1. The third kappa shape index (κ3) is 3.70. The summed E-state index contributed by atoms with van der Waals surface area (Å²) >= 11 is 0. The van der Waals surface area contributed by atoms with Gasteiger partial charge >= 0.3 is 5.97 Å². The van der Waals surface area contributed by atoms with Crippen molar-refractivity contribution in [2.75, 3.05) is 7.11 Å². The molecular formula is C25H20O5. The van der Waals surface area contributed by atoms with Gasteiger partial charge in [0, 0.05) is 6.07 Å². The molecule has 0 saturated carbocycles. The minimum absolute atomic E-state index is 0.143. The van der Waals surface area contributed by atoms with Crippen LogP contribution in [0.4, 0.5) is 0 Å². The van der Waals surface area contributed by atoms with Crippen LogP contribution in [0, 0.1) is 13.8 Å². The first-order valence-corrected chi connectivity index (χ1v) is 9.47. The van der Waals surface area contributed by atoms with Gasteiger partial charge in [-0.15, -0.1) is 0 Å². The zero-order chi connectivity index (χ0) is 21.3. The number of aryl methyl sites for hydroxylation is 2. The number of hydrogen-bond donors (Lipinski definition) is 0. The Kier molecular flexibility index (Phi) is 5.11. The first-order chi connectivity index (χ1) is 14.5. The average Bonchev–Trinajstić information content (AvgIpc) is 2.74. The average molecular weight is 400 g/mol. The van der Waals surface area contributed by atoms with Crippen molar-refractivity contribution in [2.24, 2.45) is 0 Å². The fraction of sp³-hybridized carbons (Fsp3) is 0.120. The van der Waals surface area contributed by atoms with Crippen molar-refractivity contribution in [1.29, 1.82) is 0 Å². The van der Waals surface area contributed by atoms with Gasteiger partial charge in [0.25, 0.3) is 0 Å². The van der Waals surface area contributed by atoms with E-state index in [-0.39, 0.29) is 5.43 Å². The number of carbonyl (C=O) groups excluding carboxylic acids is 1. The zero-order valence-corrected chi connectivity index (χ0v) is 16.9. The molecule has 0 fully saturated rings. The van der Waals surface area contributed by atoms with Gasteiger partial charge in [0.15, 0.2) is 0 Å². The molecule has 1 aromatic heterocycles. The Morgan fingerprint density at radius 3 is 2.33 bits per heavy atom. The standard InChI is InChI=1S/C25H20O5/c1-15-5-4-6-18(13-15)25(27)30-20-11-12-21-22(14-20)29-16(2)23(24(21)26)17-7-9-19(28-3)10-8-17/h4-14H,1-3H3. The van der Waals surface area contributed by atoms with Gasteiger partial charge in [0.2, 0.25) is 5.43 Å². The minimum atomic E-state index is -0.466. The highest BCUT2D eigenvalue weighted by Crippen LogP contribution is 2.28. The topological polar surface area (TPSA) is 65.7 Å². The summed E-state index contributed by atoms with van der Waals surface area (Å²) in [7, 11) is 1.59. The van der Waals surface area contributed by atoms with Crippen molar-refractivity contribution >= 4 is 16.9 Å². The van der Waals surface area contributed by atoms with E-state index < -0.39 is 5.97 Å². The molecule has 0 bridgehead atoms. The summed E-state index contributed by atoms with van der Waals surface area (Å²) in [6, 6.07) is 19.2. The number of ether oxygens (including phenoxy) is 2. The van der Waals surface area contributed by atoms with E-state index in [1.807, 2.05) is 25.1 Å². The fourth-order valence-corrected chi connectivity index (χ4v) is 3.38. The lowest BCUT2D eigenvalue weighted by Crippen LogP contribution is -2.10. The van der Waals surface area contributed by atoms with Gasteiger partial charge in [-0.3, -0.25) is 4.79 Å². The quantitative estimate of drug-likeness (QED) is 0.343. The van der Waals surface area contributed by atoms with Gasteiger partial charge in [-0.05, 0) is 55.8 Å². The Hall–Kier alpha value is -3.86. The molecule has 0 atom stereocenters. The summed E-state index contributed by atoms with van der Waals surface area (Å²) < 4.78 is 16.6. The number of carbonyl (C=O) groups is 1. The van der Waals surface area contributed by atoms with Crippen molar-refractivity contribution < 1.29 is 18.7 Å². The molecule has 4 rings (SSSR count). The number of rotatable bonds is 4. The van der Waals surface area contributed by atoms with Gasteiger partial charge in [-0.1, -0.05) is 29.8 Å². The Labute approximate surface area is 173 Å². The second kappa shape index (κ2) is 7.87. The highest BCUT2D eigenvalue weighted by atomic mass is 16.5. The molecule has 0 unspecified atom stereocenters. The summed E-state index contributed by atoms with van der Waals surface area (Å²) in [5, 5.41) is 0.418. The molecule has 0 aliphatic carbocycles. The lowest BCUT2D eigenvalue weighted by Gasteiger charge is -2.09. The molecule has 150 valence electrons. The Morgan fingerprint density at radius 1 is 0.900 bits per heavy atom. The summed E-state index contributed by atoms with van der Waals surface area (Å²) in [5.74, 6) is 1.04. The van der Waals surface area contributed by atoms with Gasteiger partial charge in [0.1, 0.15) is 22.8 Å². The second-order valence-corrected chi connectivity index (χ2v) is 7.01. The van der Waals surface area contributed by atoms with Crippen molar-refractivity contribution in [3.63, 3.8) is 0 Å². The number of benzene rings is 3. The van der Waals surface area contributed by atoms with E-state index in [2.05, 4.69) is 0 Å². The summed E-state index contributed by atoms with van der Waals surface area (Å²) in [6.45, 7) is 3.65. The lowest BCUT2D eigenvalue weighted by molar-refractivity contribution is 0.0735. The van der Waals surface area contributed by atoms with Crippen LogP contribution in [0.2, 0.25) is 0 Å². The van der Waals surface area contributed by atoms with E-state index >= 15 is 0 Å². The van der Waals surface area contributed by atoms with Crippen LogP contribution in [0.5, 0.6) is 11.5 Å². The van der Waals surface area contributed by atoms with Crippen LogP contribution in [-0.2, 0) is 0 Å². The molecule has 0 saturated heterocycles. The van der Waals surface area contributed by atoms with Crippen molar-refractivity contribution in [3.05, 3.63) is 93.8 Å². The van der Waals surface area contributed by atoms with Crippen LogP contribution in [0.25, 0.3) is 22.1 Å². The van der Waals surface area contributed by atoms with Crippen LogP contribution >= 0.6 is 0 Å². The maximum absolute atomic E-state index is 13.1. The van der Waals surface area contributed by atoms with Gasteiger partial charge in [0.05, 0.1) is 23.6 Å². The number of hydrogen-bond acceptors (Lipinski definition) is 5. The molecule has 4 aromatic rings. The summed E-state index contributed by atoms with van der Waals surface area (Å²) in [4.78, 5) is 25.5. The third-order valence-electron chi connectivity index (χ3n) is 4.88. The predicted octanol–water partition coefficient (Wildman–Crippen LogP) is 5.30. The first kappa shape index (κ1) is 19.5. The molecule has 3 aromatic carbocycles. The van der Waals surface area contributed by atoms with Crippen molar-refractivity contribution in [2.45, 2.75) is 13.8 Å². The normalized spacial score (nSPS) is 10.8. The third-order valence-corrected chi connectivity index (χ3v) is 4.88. The molecule has 0 N–H and O–H groups in total.